The van der Waals surface area contributed by atoms with Gasteiger partial charge < -0.3 is 19.5 Å². The van der Waals surface area contributed by atoms with E-state index in [4.69, 9.17) is 14.7 Å². The molecule has 10 nitrogen and oxygen atoms in total. The van der Waals surface area contributed by atoms with Crippen LogP contribution in [0, 0.1) is 6.92 Å². The van der Waals surface area contributed by atoms with Crippen molar-refractivity contribution in [3.05, 3.63) is 41.9 Å². The minimum atomic E-state index is -4.32. The van der Waals surface area contributed by atoms with Crippen LogP contribution in [0.5, 0.6) is 0 Å². The van der Waals surface area contributed by atoms with E-state index >= 15 is 0 Å². The quantitative estimate of drug-likeness (QED) is 0.317. The highest BCUT2D eigenvalue weighted by molar-refractivity contribution is 7.99. The number of halogens is 3. The number of ether oxygens (including phenoxy) is 1. The zero-order valence-electron chi connectivity index (χ0n) is 21.5. The van der Waals surface area contributed by atoms with Crippen LogP contribution in [0.4, 0.5) is 30.6 Å². The van der Waals surface area contributed by atoms with Gasteiger partial charge in [0.2, 0.25) is 0 Å². The first kappa shape index (κ1) is 25.9. The van der Waals surface area contributed by atoms with Crippen molar-refractivity contribution in [2.45, 2.75) is 35.6 Å². The molecule has 0 radical (unpaired) electrons. The predicted molar refractivity (Wildman–Crippen MR) is 146 cm³/mol. The molecule has 14 heteroatoms. The zero-order valence-corrected chi connectivity index (χ0v) is 22.3. The monoisotopic (exact) mass is 563 g/mol. The molecule has 1 aromatic carbocycles. The van der Waals surface area contributed by atoms with Crippen molar-refractivity contribution in [3.8, 4) is 0 Å². The van der Waals surface area contributed by atoms with Crippen molar-refractivity contribution in [1.29, 1.82) is 0 Å². The first-order valence-electron chi connectivity index (χ1n) is 12.6. The number of hydrogen-bond donors (Lipinski definition) is 2. The second-order valence-corrected chi connectivity index (χ2v) is 10.8. The summed E-state index contributed by atoms with van der Waals surface area (Å²) in [5.74, 6) is 2.04. The van der Waals surface area contributed by atoms with Gasteiger partial charge in [-0.25, -0.2) is 15.0 Å². The second-order valence-electron chi connectivity index (χ2n) is 9.79. The van der Waals surface area contributed by atoms with E-state index in [-0.39, 0.29) is 8.68 Å². The van der Waals surface area contributed by atoms with Crippen LogP contribution in [0.25, 0.3) is 11.0 Å². The van der Waals surface area contributed by atoms with Crippen LogP contribution in [-0.2, 0) is 18.2 Å². The Balaban J connectivity index is 0.00000194. The molecule has 0 saturated carbocycles. The molecule has 0 unspecified atom stereocenters. The molecule has 2 saturated heterocycles. The highest BCUT2D eigenvalue weighted by Gasteiger charge is 2.34. The number of morpholine rings is 1. The normalized spacial score (nSPS) is 17.1. The maximum absolute atomic E-state index is 13.0. The molecule has 2 aliphatic heterocycles. The number of hydrogen-bond acceptors (Lipinski definition) is 9. The molecule has 0 atom stereocenters. The molecule has 3 aromatic heterocycles. The Hall–Kier alpha value is -3.36. The van der Waals surface area contributed by atoms with E-state index in [1.54, 1.807) is 13.1 Å². The van der Waals surface area contributed by atoms with Crippen LogP contribution in [0.2, 0.25) is 0 Å². The Bertz CT molecular complexity index is 1490. The van der Waals surface area contributed by atoms with Crippen molar-refractivity contribution in [2.24, 2.45) is 7.05 Å². The number of rotatable bonds is 7. The van der Waals surface area contributed by atoms with Crippen LogP contribution >= 0.6 is 11.8 Å². The Morgan fingerprint density at radius 3 is 2.62 bits per heavy atom. The van der Waals surface area contributed by atoms with Gasteiger partial charge in [0.05, 0.1) is 24.2 Å². The van der Waals surface area contributed by atoms with Gasteiger partial charge in [0.1, 0.15) is 23.9 Å². The SMILES string of the molecule is Cc1cc(Nc2cc(N3CC(N4CCOCC4)C3)nc(Sc3ccc4nc(CC(F)(F)F)n(C)c4c3)n2)n[nH]1.[HH].[HH]. The summed E-state index contributed by atoms with van der Waals surface area (Å²) in [5.41, 5.74) is 2.06. The fourth-order valence-electron chi connectivity index (χ4n) is 4.84. The predicted octanol–water partition coefficient (Wildman–Crippen LogP) is 4.41. The number of imidazole rings is 1. The van der Waals surface area contributed by atoms with Crippen molar-refractivity contribution in [2.75, 3.05) is 49.6 Å². The average molecular weight is 564 g/mol. The van der Waals surface area contributed by atoms with Crippen LogP contribution in [-0.4, -0.2) is 86.2 Å². The fourth-order valence-corrected chi connectivity index (χ4v) is 5.64. The summed E-state index contributed by atoms with van der Waals surface area (Å²) in [4.78, 5) is 19.2. The first-order chi connectivity index (χ1) is 18.7. The maximum Gasteiger partial charge on any atom is 0.396 e. The number of anilines is 3. The smallest absolute Gasteiger partial charge is 0.379 e. The number of fused-ring (bicyclic) bond motifs is 1. The number of aromatic nitrogens is 6. The van der Waals surface area contributed by atoms with Gasteiger partial charge in [0.15, 0.2) is 11.0 Å². The third-order valence-electron chi connectivity index (χ3n) is 6.92. The summed E-state index contributed by atoms with van der Waals surface area (Å²) in [6.45, 7) is 7.06. The average Bonchev–Trinajstić information content (AvgIpc) is 3.40. The minimum Gasteiger partial charge on any atom is -0.379 e. The first-order valence-corrected chi connectivity index (χ1v) is 13.5. The van der Waals surface area contributed by atoms with Gasteiger partial charge in [-0.2, -0.15) is 18.3 Å². The molecule has 0 aliphatic carbocycles. The lowest BCUT2D eigenvalue weighted by Gasteiger charge is -2.47. The second kappa shape index (κ2) is 10.3. The van der Waals surface area contributed by atoms with Crippen LogP contribution in [0.1, 0.15) is 14.4 Å². The molecule has 39 heavy (non-hydrogen) atoms. The Morgan fingerprint density at radius 1 is 1.10 bits per heavy atom. The number of alkyl halides is 3. The molecule has 6 rings (SSSR count). The Morgan fingerprint density at radius 2 is 1.90 bits per heavy atom. The lowest BCUT2D eigenvalue weighted by atomic mass is 10.1. The molecule has 210 valence electrons. The van der Waals surface area contributed by atoms with E-state index in [1.807, 2.05) is 31.2 Å². The molecular weight excluding hydrogens is 531 g/mol. The van der Waals surface area contributed by atoms with E-state index in [9.17, 15) is 13.2 Å². The third kappa shape index (κ3) is 5.82. The summed E-state index contributed by atoms with van der Waals surface area (Å²) >= 11 is 1.35. The van der Waals surface area contributed by atoms with E-state index in [0.717, 1.165) is 55.8 Å². The van der Waals surface area contributed by atoms with Crippen molar-refractivity contribution in [1.82, 2.24) is 34.6 Å². The van der Waals surface area contributed by atoms with E-state index in [2.05, 4.69) is 30.3 Å². The van der Waals surface area contributed by atoms with Gasteiger partial charge in [-0.05, 0) is 36.9 Å². The number of benzene rings is 1. The van der Waals surface area contributed by atoms with Gasteiger partial charge in [0, 0.05) is 64.8 Å². The number of nitrogens with one attached hydrogen (secondary N) is 2. The minimum absolute atomic E-state index is 0. The number of nitrogens with zero attached hydrogens (tertiary/aromatic N) is 7. The number of aromatic amines is 1. The highest BCUT2D eigenvalue weighted by atomic mass is 32.2. The molecule has 0 spiro atoms. The summed E-state index contributed by atoms with van der Waals surface area (Å²) in [7, 11) is 1.60. The molecule has 5 heterocycles. The number of aryl methyl sites for hydroxylation is 2. The van der Waals surface area contributed by atoms with Gasteiger partial charge in [-0.15, -0.1) is 0 Å². The van der Waals surface area contributed by atoms with E-state index in [0.29, 0.717) is 33.9 Å². The van der Waals surface area contributed by atoms with Gasteiger partial charge >= 0.3 is 6.18 Å². The summed E-state index contributed by atoms with van der Waals surface area (Å²) in [6, 6.07) is 9.65. The highest BCUT2D eigenvalue weighted by Crippen LogP contribution is 2.33. The standard InChI is InChI=1S/C25H28F3N9OS.2H2/c1-15-9-21(34-33-15)30-20-11-22(37-13-16(14-37)36-5-7-38-8-6-36)32-24(31-20)39-17-3-4-18-19(10-17)35(2)23(29-18)12-25(26,27)28;;/h3-4,9-11,16H,5-8,12-14H2,1-2H3,(H2,30,31,32,33,34);2*1H. The molecule has 2 aliphatic rings. The molecule has 2 N–H and O–H groups in total. The third-order valence-corrected chi connectivity index (χ3v) is 7.77. The molecule has 0 amide bonds. The van der Waals surface area contributed by atoms with Crippen molar-refractivity contribution in [3.63, 3.8) is 0 Å². The molecule has 2 fully saturated rings. The fraction of sp³-hybridized carbons (Fsp3) is 0.440. The summed E-state index contributed by atoms with van der Waals surface area (Å²) in [5, 5.41) is 10.9. The van der Waals surface area contributed by atoms with E-state index < -0.39 is 12.6 Å². The van der Waals surface area contributed by atoms with Crippen molar-refractivity contribution >= 4 is 40.2 Å². The van der Waals surface area contributed by atoms with Gasteiger partial charge in [-0.3, -0.25) is 10.00 Å². The lowest BCUT2D eigenvalue weighted by Crippen LogP contribution is -2.61. The summed E-state index contributed by atoms with van der Waals surface area (Å²) < 4.78 is 45.9. The summed E-state index contributed by atoms with van der Waals surface area (Å²) in [6.07, 6.45) is -5.40. The van der Waals surface area contributed by atoms with Gasteiger partial charge in [-0.1, -0.05) is 0 Å². The molecular formula is C25H32F3N9OS. The van der Waals surface area contributed by atoms with Gasteiger partial charge in [0.25, 0.3) is 0 Å². The largest absolute Gasteiger partial charge is 0.396 e. The topological polar surface area (TPSA) is 100 Å². The van der Waals surface area contributed by atoms with Crippen molar-refractivity contribution < 1.29 is 20.8 Å². The maximum atomic E-state index is 13.0. The molecule has 0 bridgehead atoms. The number of H-pyrrole nitrogens is 1. The van der Waals surface area contributed by atoms with E-state index in [1.165, 1.54) is 16.3 Å². The zero-order chi connectivity index (χ0) is 27.1. The molecule has 4 aromatic rings. The lowest BCUT2D eigenvalue weighted by molar-refractivity contribution is -0.128. The van der Waals surface area contributed by atoms with Crippen LogP contribution in [0.3, 0.4) is 0 Å². The van der Waals surface area contributed by atoms with Crippen LogP contribution < -0.4 is 10.2 Å². The Labute approximate surface area is 229 Å². The van der Waals surface area contributed by atoms with Crippen LogP contribution in [0.15, 0.2) is 40.4 Å². The Kier molecular flexibility index (Phi) is 6.85.